The van der Waals surface area contributed by atoms with Gasteiger partial charge in [-0.05, 0) is 47.7 Å². The fourth-order valence-corrected chi connectivity index (χ4v) is 4.12. The smallest absolute Gasteiger partial charge is 0.257 e. The van der Waals surface area contributed by atoms with Crippen LogP contribution < -0.4 is 15.6 Å². The monoisotopic (exact) mass is 410 g/mol. The number of aromatic amines is 1. The number of methoxy groups -OCH3 is 1. The molecule has 4 rings (SSSR count). The molecule has 0 aliphatic carbocycles. The number of phenols is 1. The summed E-state index contributed by atoms with van der Waals surface area (Å²) < 4.78 is 5.94. The van der Waals surface area contributed by atoms with E-state index in [4.69, 9.17) is 4.74 Å². The Morgan fingerprint density at radius 1 is 1.17 bits per heavy atom. The van der Waals surface area contributed by atoms with Crippen LogP contribution in [0.4, 0.5) is 0 Å². The van der Waals surface area contributed by atoms with E-state index in [1.54, 1.807) is 30.3 Å². The Kier molecular flexibility index (Phi) is 5.89. The first-order chi connectivity index (χ1) is 13.6. The van der Waals surface area contributed by atoms with Gasteiger partial charge in [-0.15, -0.1) is 11.3 Å². The zero-order chi connectivity index (χ0) is 19.7. The van der Waals surface area contributed by atoms with Gasteiger partial charge in [0.1, 0.15) is 0 Å². The van der Waals surface area contributed by atoms with Gasteiger partial charge in [-0.25, -0.2) is 0 Å². The molecule has 4 aromatic rings. The van der Waals surface area contributed by atoms with E-state index in [0.717, 1.165) is 15.6 Å². The Hall–Kier alpha value is -3.32. The number of nitrogens with one attached hydrogen (secondary N) is 2. The van der Waals surface area contributed by atoms with E-state index in [1.807, 2.05) is 17.5 Å². The van der Waals surface area contributed by atoms with E-state index in [0.29, 0.717) is 35.2 Å². The number of fused-ring (bicyclic) bond motifs is 3. The van der Waals surface area contributed by atoms with Gasteiger partial charge in [0.05, 0.1) is 18.0 Å². The van der Waals surface area contributed by atoms with Crippen LogP contribution in [0.2, 0.25) is 0 Å². The van der Waals surface area contributed by atoms with Gasteiger partial charge in [-0.2, -0.15) is 0 Å². The number of amides is 1. The Morgan fingerprint density at radius 2 is 2.00 bits per heavy atom. The Morgan fingerprint density at radius 3 is 2.76 bits per heavy atom. The number of thiophene rings is 1. The summed E-state index contributed by atoms with van der Waals surface area (Å²) in [5.41, 5.74) is 1.87. The summed E-state index contributed by atoms with van der Waals surface area (Å²) in [4.78, 5) is 27.5. The summed E-state index contributed by atoms with van der Waals surface area (Å²) >= 11 is 1.51. The van der Waals surface area contributed by atoms with Gasteiger partial charge >= 0.3 is 0 Å². The molecule has 29 heavy (non-hydrogen) atoms. The Balaban J connectivity index is 0.00000240. The minimum Gasteiger partial charge on any atom is -0.504 e. The molecule has 2 heterocycles. The van der Waals surface area contributed by atoms with Crippen LogP contribution in [0, 0.1) is 0 Å². The van der Waals surface area contributed by atoms with Gasteiger partial charge in [0.15, 0.2) is 11.5 Å². The molecule has 0 atom stereocenters. The van der Waals surface area contributed by atoms with Crippen molar-refractivity contribution < 1.29 is 14.6 Å². The zero-order valence-electron chi connectivity index (χ0n) is 15.1. The summed E-state index contributed by atoms with van der Waals surface area (Å²) in [5, 5.41) is 16.2. The van der Waals surface area contributed by atoms with Crippen molar-refractivity contribution in [3.63, 3.8) is 0 Å². The fraction of sp³-hybridized carbons (Fsp3) is 0.182. The van der Waals surface area contributed by atoms with Gasteiger partial charge in [-0.1, -0.05) is 19.6 Å². The third-order valence-electron chi connectivity index (χ3n) is 4.63. The zero-order valence-corrected chi connectivity index (χ0v) is 15.9. The maximum Gasteiger partial charge on any atom is 0.257 e. The van der Waals surface area contributed by atoms with Gasteiger partial charge in [-0.3, -0.25) is 9.59 Å². The normalized spacial score (nSPS) is 10.7. The van der Waals surface area contributed by atoms with E-state index in [1.165, 1.54) is 18.4 Å². The van der Waals surface area contributed by atoms with Crippen molar-refractivity contribution in [2.75, 3.05) is 13.7 Å². The first kappa shape index (κ1) is 20.4. The van der Waals surface area contributed by atoms with E-state index < -0.39 is 0 Å². The topological polar surface area (TPSA) is 91.4 Å². The lowest BCUT2D eigenvalue weighted by Crippen LogP contribution is -2.25. The van der Waals surface area contributed by atoms with Crippen LogP contribution in [-0.2, 0) is 6.42 Å². The molecule has 0 spiro atoms. The standard InChI is InChI=1S/C21H18N2O4S.CH4/c1-27-18-5-2-12(10-17(18)24)6-8-22-20(25)13-3-4-14-16(11-13)23-21(26)15-7-9-28-19(14)15;/h2-5,7,9-11,24H,6,8H2,1H3,(H,22,25)(H,23,26);1H4. The minimum absolute atomic E-state index is 0. The summed E-state index contributed by atoms with van der Waals surface area (Å²) in [6, 6.07) is 12.3. The summed E-state index contributed by atoms with van der Waals surface area (Å²) in [6.07, 6.45) is 0.573. The molecule has 3 N–H and O–H groups in total. The number of phenolic OH excluding ortho intramolecular Hbond substituents is 1. The van der Waals surface area contributed by atoms with Crippen molar-refractivity contribution in [1.29, 1.82) is 0 Å². The number of aromatic nitrogens is 1. The molecule has 2 aromatic heterocycles. The highest BCUT2D eigenvalue weighted by Gasteiger charge is 2.11. The molecule has 0 radical (unpaired) electrons. The maximum atomic E-state index is 12.5. The van der Waals surface area contributed by atoms with Gasteiger partial charge in [0.2, 0.25) is 0 Å². The highest BCUT2D eigenvalue weighted by molar-refractivity contribution is 7.18. The third-order valence-corrected chi connectivity index (χ3v) is 5.57. The van der Waals surface area contributed by atoms with Crippen LogP contribution in [0.3, 0.4) is 0 Å². The molecule has 0 aliphatic heterocycles. The molecule has 0 saturated heterocycles. The third kappa shape index (κ3) is 3.95. The van der Waals surface area contributed by atoms with Crippen LogP contribution >= 0.6 is 11.3 Å². The number of benzene rings is 2. The Bertz CT molecular complexity index is 1240. The molecule has 0 unspecified atom stereocenters. The molecular weight excluding hydrogens is 388 g/mol. The molecule has 1 amide bonds. The first-order valence-corrected chi connectivity index (χ1v) is 9.62. The largest absolute Gasteiger partial charge is 0.504 e. The number of ether oxygens (including phenoxy) is 1. The number of pyridine rings is 1. The predicted molar refractivity (Wildman–Crippen MR) is 117 cm³/mol. The van der Waals surface area contributed by atoms with Crippen molar-refractivity contribution >= 4 is 38.2 Å². The lowest BCUT2D eigenvalue weighted by atomic mass is 10.1. The van der Waals surface area contributed by atoms with Crippen molar-refractivity contribution in [1.82, 2.24) is 10.3 Å². The molecule has 7 heteroatoms. The number of aromatic hydroxyl groups is 1. The van der Waals surface area contributed by atoms with Gasteiger partial charge in [0.25, 0.3) is 11.5 Å². The van der Waals surface area contributed by atoms with Crippen molar-refractivity contribution in [3.05, 3.63) is 69.3 Å². The quantitative estimate of drug-likeness (QED) is 0.463. The summed E-state index contributed by atoms with van der Waals surface area (Å²) in [5.74, 6) is 0.272. The van der Waals surface area contributed by atoms with Crippen LogP contribution in [0.15, 0.2) is 52.6 Å². The van der Waals surface area contributed by atoms with E-state index in [-0.39, 0.29) is 24.6 Å². The Labute approximate surface area is 171 Å². The van der Waals surface area contributed by atoms with E-state index >= 15 is 0 Å². The second-order valence-corrected chi connectivity index (χ2v) is 7.31. The fourth-order valence-electron chi connectivity index (χ4n) is 3.19. The number of carbonyl (C=O) groups excluding carboxylic acids is 1. The maximum absolute atomic E-state index is 12.5. The number of rotatable bonds is 5. The number of carbonyl (C=O) groups is 1. The molecule has 0 saturated carbocycles. The summed E-state index contributed by atoms with van der Waals surface area (Å²) in [7, 11) is 1.50. The molecule has 150 valence electrons. The predicted octanol–water partition coefficient (Wildman–Crippen LogP) is 4.07. The van der Waals surface area contributed by atoms with Crippen molar-refractivity contribution in [2.45, 2.75) is 13.8 Å². The molecule has 0 fully saturated rings. The lowest BCUT2D eigenvalue weighted by Gasteiger charge is -2.08. The van der Waals surface area contributed by atoms with Crippen molar-refractivity contribution in [2.24, 2.45) is 0 Å². The average molecular weight is 410 g/mol. The molecule has 6 nitrogen and oxygen atoms in total. The van der Waals surface area contributed by atoms with Crippen LogP contribution in [-0.4, -0.2) is 29.7 Å². The van der Waals surface area contributed by atoms with Crippen LogP contribution in [0.5, 0.6) is 11.5 Å². The molecular formula is C22H22N2O4S. The highest BCUT2D eigenvalue weighted by Crippen LogP contribution is 2.27. The van der Waals surface area contributed by atoms with Gasteiger partial charge < -0.3 is 20.1 Å². The van der Waals surface area contributed by atoms with Crippen LogP contribution in [0.1, 0.15) is 23.3 Å². The first-order valence-electron chi connectivity index (χ1n) is 8.74. The second kappa shape index (κ2) is 8.36. The minimum atomic E-state index is -0.216. The summed E-state index contributed by atoms with van der Waals surface area (Å²) in [6.45, 7) is 0.420. The second-order valence-electron chi connectivity index (χ2n) is 6.39. The lowest BCUT2D eigenvalue weighted by molar-refractivity contribution is 0.0954. The number of hydrogen-bond acceptors (Lipinski definition) is 5. The van der Waals surface area contributed by atoms with Crippen LogP contribution in [0.25, 0.3) is 21.0 Å². The van der Waals surface area contributed by atoms with E-state index in [9.17, 15) is 14.7 Å². The molecule has 2 aromatic carbocycles. The molecule has 0 bridgehead atoms. The highest BCUT2D eigenvalue weighted by atomic mass is 32.1. The molecule has 0 aliphatic rings. The number of H-pyrrole nitrogens is 1. The van der Waals surface area contributed by atoms with Gasteiger partial charge in [0, 0.05) is 22.2 Å². The number of hydrogen-bond donors (Lipinski definition) is 3. The van der Waals surface area contributed by atoms with E-state index in [2.05, 4.69) is 10.3 Å². The van der Waals surface area contributed by atoms with Crippen molar-refractivity contribution in [3.8, 4) is 11.5 Å². The SMILES string of the molecule is C.COc1ccc(CCNC(=O)c2ccc3c(c2)[nH]c(=O)c2ccsc23)cc1O. The average Bonchev–Trinajstić information content (AvgIpc) is 3.18.